The Morgan fingerprint density at radius 2 is 1.80 bits per heavy atom. The van der Waals surface area contributed by atoms with Gasteiger partial charge in [0.15, 0.2) is 5.11 Å². The highest BCUT2D eigenvalue weighted by molar-refractivity contribution is 7.92. The second kappa shape index (κ2) is 9.12. The first kappa shape index (κ1) is 23.0. The molecule has 5 rings (SSSR count). The van der Waals surface area contributed by atoms with E-state index in [-0.39, 0.29) is 12.1 Å². The van der Waals surface area contributed by atoms with Crippen molar-refractivity contribution < 1.29 is 8.42 Å². The maximum atomic E-state index is 11.6. The molecule has 1 aliphatic heterocycles. The van der Waals surface area contributed by atoms with Gasteiger partial charge >= 0.3 is 0 Å². The highest BCUT2D eigenvalue weighted by Crippen LogP contribution is 2.42. The average molecular weight is 505 g/mol. The molecule has 0 bridgehead atoms. The van der Waals surface area contributed by atoms with E-state index >= 15 is 0 Å². The molecule has 35 heavy (non-hydrogen) atoms. The zero-order valence-corrected chi connectivity index (χ0v) is 20.8. The minimum absolute atomic E-state index is 0.211. The lowest BCUT2D eigenvalue weighted by Gasteiger charge is -2.29. The number of nitrogens with zero attached hydrogens (tertiary/aromatic N) is 4. The summed E-state index contributed by atoms with van der Waals surface area (Å²) in [5.74, 6) is 0.806. The minimum Gasteiger partial charge on any atom is -0.351 e. The highest BCUT2D eigenvalue weighted by Gasteiger charge is 2.42. The van der Waals surface area contributed by atoms with Crippen LogP contribution >= 0.6 is 12.2 Å². The fraction of sp³-hybridized carbons (Fsp3) is 0.160. The van der Waals surface area contributed by atoms with Crippen LogP contribution in [0.3, 0.4) is 0 Å². The van der Waals surface area contributed by atoms with E-state index in [1.807, 2.05) is 72.7 Å². The molecule has 2 N–H and O–H groups in total. The van der Waals surface area contributed by atoms with Crippen molar-refractivity contribution in [1.29, 1.82) is 0 Å². The van der Waals surface area contributed by atoms with Crippen molar-refractivity contribution in [3.63, 3.8) is 0 Å². The number of aryl methyl sites for hydroxylation is 1. The van der Waals surface area contributed by atoms with Gasteiger partial charge in [-0.1, -0.05) is 12.1 Å². The number of rotatable bonds is 6. The van der Waals surface area contributed by atoms with Crippen LogP contribution in [0.15, 0.2) is 85.3 Å². The standard InChI is InChI=1S/C25H24N6O2S2/c1-17-8-13-22(27-16-17)30-15-5-7-21(30)24-23(20-6-3-4-14-26-20)28-25(34)31(24)19-11-9-18(10-12-19)29-35(2,32)33/h3-16,23-24,29H,1-2H3,(H,28,34)/t23-,24+/m0/s1. The molecular formula is C25H24N6O2S2. The third kappa shape index (κ3) is 4.75. The summed E-state index contributed by atoms with van der Waals surface area (Å²) < 4.78 is 27.8. The molecule has 4 heterocycles. The maximum Gasteiger partial charge on any atom is 0.229 e. The van der Waals surface area contributed by atoms with Crippen LogP contribution in [0.1, 0.15) is 29.0 Å². The Morgan fingerprint density at radius 3 is 2.46 bits per heavy atom. The van der Waals surface area contributed by atoms with Crippen LogP contribution in [0.2, 0.25) is 0 Å². The van der Waals surface area contributed by atoms with Crippen molar-refractivity contribution >= 4 is 38.7 Å². The summed E-state index contributed by atoms with van der Waals surface area (Å²) in [6.07, 6.45) is 6.73. The molecule has 1 saturated heterocycles. The van der Waals surface area contributed by atoms with E-state index in [1.165, 1.54) is 0 Å². The summed E-state index contributed by atoms with van der Waals surface area (Å²) in [7, 11) is -3.37. The summed E-state index contributed by atoms with van der Waals surface area (Å²) in [5, 5.41) is 4.00. The number of anilines is 2. The number of thiocarbonyl (C=S) groups is 1. The molecule has 2 atom stereocenters. The van der Waals surface area contributed by atoms with Crippen LogP contribution in [-0.2, 0) is 10.0 Å². The van der Waals surface area contributed by atoms with Gasteiger partial charge in [0.25, 0.3) is 0 Å². The van der Waals surface area contributed by atoms with E-state index in [1.54, 1.807) is 18.3 Å². The second-order valence-corrected chi connectivity index (χ2v) is 10.5. The van der Waals surface area contributed by atoms with Crippen LogP contribution in [-0.4, -0.2) is 34.3 Å². The number of benzene rings is 1. The lowest BCUT2D eigenvalue weighted by Crippen LogP contribution is -2.30. The van der Waals surface area contributed by atoms with E-state index in [2.05, 4.69) is 30.6 Å². The Balaban J connectivity index is 1.60. The van der Waals surface area contributed by atoms with Gasteiger partial charge in [0.1, 0.15) is 11.9 Å². The molecule has 3 aromatic heterocycles. The molecular weight excluding hydrogens is 480 g/mol. The van der Waals surface area contributed by atoms with Gasteiger partial charge in [0.05, 0.1) is 18.0 Å². The van der Waals surface area contributed by atoms with Crippen molar-refractivity contribution in [3.05, 3.63) is 102 Å². The summed E-state index contributed by atoms with van der Waals surface area (Å²) in [4.78, 5) is 11.3. The first-order chi connectivity index (χ1) is 16.8. The van der Waals surface area contributed by atoms with Gasteiger partial charge in [0, 0.05) is 35.7 Å². The number of hydrogen-bond donors (Lipinski definition) is 2. The van der Waals surface area contributed by atoms with Crippen LogP contribution in [0, 0.1) is 6.92 Å². The Hall–Kier alpha value is -3.76. The summed E-state index contributed by atoms with van der Waals surface area (Å²) in [6.45, 7) is 2.01. The number of sulfonamides is 1. The molecule has 0 radical (unpaired) electrons. The normalized spacial score (nSPS) is 17.9. The second-order valence-electron chi connectivity index (χ2n) is 8.41. The number of pyridine rings is 2. The fourth-order valence-corrected chi connectivity index (χ4v) is 5.19. The Bertz CT molecular complexity index is 1450. The SMILES string of the molecule is Cc1ccc(-n2cccc2[C@@H]2[C@H](c3ccccn3)NC(=S)N2c2ccc(NS(C)(=O)=O)cc2)nc1. The van der Waals surface area contributed by atoms with Gasteiger partial charge in [-0.2, -0.15) is 0 Å². The molecule has 1 aromatic carbocycles. The molecule has 10 heteroatoms. The first-order valence-corrected chi connectivity index (χ1v) is 13.3. The first-order valence-electron chi connectivity index (χ1n) is 11.0. The van der Waals surface area contributed by atoms with Gasteiger partial charge in [-0.05, 0) is 79.3 Å². The molecule has 0 saturated carbocycles. The minimum atomic E-state index is -3.37. The third-order valence-corrected chi connectivity index (χ3v) is 6.69. The monoisotopic (exact) mass is 504 g/mol. The van der Waals surface area contributed by atoms with Crippen LogP contribution in [0.4, 0.5) is 11.4 Å². The van der Waals surface area contributed by atoms with Gasteiger partial charge in [-0.3, -0.25) is 9.71 Å². The number of aromatic nitrogens is 3. The number of nitrogens with one attached hydrogen (secondary N) is 2. The van der Waals surface area contributed by atoms with Gasteiger partial charge in [0.2, 0.25) is 10.0 Å². The lowest BCUT2D eigenvalue weighted by atomic mass is 10.0. The molecule has 0 aliphatic carbocycles. The fourth-order valence-electron chi connectivity index (χ4n) is 4.28. The molecule has 1 fully saturated rings. The van der Waals surface area contributed by atoms with Gasteiger partial charge in [-0.15, -0.1) is 0 Å². The lowest BCUT2D eigenvalue weighted by molar-refractivity contribution is 0.548. The van der Waals surface area contributed by atoms with Crippen molar-refractivity contribution in [1.82, 2.24) is 19.9 Å². The molecule has 4 aromatic rings. The van der Waals surface area contributed by atoms with E-state index < -0.39 is 10.0 Å². The van der Waals surface area contributed by atoms with E-state index in [4.69, 9.17) is 12.2 Å². The molecule has 1 aliphatic rings. The van der Waals surface area contributed by atoms with E-state index in [9.17, 15) is 8.42 Å². The number of hydrogen-bond acceptors (Lipinski definition) is 5. The molecule has 178 valence electrons. The Kier molecular flexibility index (Phi) is 6.00. The molecule has 8 nitrogen and oxygen atoms in total. The van der Waals surface area contributed by atoms with Crippen LogP contribution < -0.4 is 14.9 Å². The molecule has 0 unspecified atom stereocenters. The van der Waals surface area contributed by atoms with Gasteiger partial charge < -0.3 is 14.8 Å². The summed E-state index contributed by atoms with van der Waals surface area (Å²) >= 11 is 5.80. The highest BCUT2D eigenvalue weighted by atomic mass is 32.2. The maximum absolute atomic E-state index is 11.6. The smallest absolute Gasteiger partial charge is 0.229 e. The van der Waals surface area contributed by atoms with Crippen LogP contribution in [0.25, 0.3) is 5.82 Å². The third-order valence-electron chi connectivity index (χ3n) is 5.77. The van der Waals surface area contributed by atoms with Crippen molar-refractivity contribution in [2.45, 2.75) is 19.0 Å². The topological polar surface area (TPSA) is 92.2 Å². The Labute approximate surface area is 209 Å². The summed E-state index contributed by atoms with van der Waals surface area (Å²) in [6, 6.07) is 20.6. The Morgan fingerprint density at radius 1 is 1.00 bits per heavy atom. The van der Waals surface area contributed by atoms with Crippen molar-refractivity contribution in [2.75, 3.05) is 15.9 Å². The predicted octanol–water partition coefficient (Wildman–Crippen LogP) is 4.12. The quantitative estimate of drug-likeness (QED) is 0.382. The molecule has 0 amide bonds. The summed E-state index contributed by atoms with van der Waals surface area (Å²) in [5.41, 5.74) is 4.25. The average Bonchev–Trinajstić information content (AvgIpc) is 3.44. The van der Waals surface area contributed by atoms with Gasteiger partial charge in [-0.25, -0.2) is 13.4 Å². The van der Waals surface area contributed by atoms with Crippen LogP contribution in [0.5, 0.6) is 0 Å². The van der Waals surface area contributed by atoms with E-state index in [0.717, 1.165) is 34.7 Å². The predicted molar refractivity (Wildman–Crippen MR) is 141 cm³/mol. The van der Waals surface area contributed by atoms with Crippen molar-refractivity contribution in [3.8, 4) is 5.82 Å². The van der Waals surface area contributed by atoms with E-state index in [0.29, 0.717) is 10.8 Å². The largest absolute Gasteiger partial charge is 0.351 e. The van der Waals surface area contributed by atoms with Crippen molar-refractivity contribution in [2.24, 2.45) is 0 Å². The molecule has 0 spiro atoms. The zero-order valence-electron chi connectivity index (χ0n) is 19.2. The zero-order chi connectivity index (χ0) is 24.6.